The monoisotopic (exact) mass is 353 g/mol. The molecule has 7 nitrogen and oxygen atoms in total. The van der Waals surface area contributed by atoms with Crippen LogP contribution in [0, 0.1) is 0 Å². The smallest absolute Gasteiger partial charge is 0.216 e. The Morgan fingerprint density at radius 2 is 2.00 bits per heavy atom. The predicted octanol–water partition coefficient (Wildman–Crippen LogP) is 2.56. The Kier molecular flexibility index (Phi) is 4.00. The van der Waals surface area contributed by atoms with E-state index in [4.69, 9.17) is 5.84 Å². The standard InChI is InChI=1S/C12H15N7S3/c1-12(2,3)9-17-18-10(19(9)13)22-8-6-7(14-5-15-8)16-11(20-4)21-6/h5H,13H2,1-4H3. The van der Waals surface area contributed by atoms with E-state index in [1.807, 2.05) is 27.0 Å². The van der Waals surface area contributed by atoms with Crippen LogP contribution in [0.25, 0.3) is 10.3 Å². The Hall–Kier alpha value is -1.39. The molecule has 0 saturated heterocycles. The van der Waals surface area contributed by atoms with Crippen LogP contribution in [0.15, 0.2) is 20.8 Å². The molecule has 3 rings (SSSR count). The molecule has 0 bridgehead atoms. The molecule has 0 aromatic carbocycles. The summed E-state index contributed by atoms with van der Waals surface area (Å²) in [6.07, 6.45) is 3.50. The van der Waals surface area contributed by atoms with Gasteiger partial charge in [0.05, 0.1) is 0 Å². The Bertz CT molecular complexity index is 818. The molecule has 22 heavy (non-hydrogen) atoms. The van der Waals surface area contributed by atoms with Crippen LogP contribution in [0.3, 0.4) is 0 Å². The van der Waals surface area contributed by atoms with Gasteiger partial charge in [0.15, 0.2) is 15.8 Å². The fourth-order valence-electron chi connectivity index (χ4n) is 1.82. The molecule has 0 spiro atoms. The van der Waals surface area contributed by atoms with Gasteiger partial charge in [-0.3, -0.25) is 0 Å². The van der Waals surface area contributed by atoms with Gasteiger partial charge in [0.2, 0.25) is 5.16 Å². The lowest BCUT2D eigenvalue weighted by Crippen LogP contribution is -2.24. The zero-order chi connectivity index (χ0) is 15.9. The summed E-state index contributed by atoms with van der Waals surface area (Å²) in [5.41, 5.74) is 0.531. The van der Waals surface area contributed by atoms with E-state index in [0.717, 1.165) is 19.9 Å². The van der Waals surface area contributed by atoms with Crippen LogP contribution < -0.4 is 5.84 Å². The van der Waals surface area contributed by atoms with Crippen molar-refractivity contribution in [3.8, 4) is 0 Å². The second-order valence-electron chi connectivity index (χ2n) is 5.54. The molecule has 0 amide bonds. The van der Waals surface area contributed by atoms with Gasteiger partial charge in [-0.25, -0.2) is 19.6 Å². The minimum atomic E-state index is -0.169. The predicted molar refractivity (Wildman–Crippen MR) is 90.0 cm³/mol. The first kappa shape index (κ1) is 15.5. The Morgan fingerprint density at radius 3 is 2.64 bits per heavy atom. The first-order chi connectivity index (χ1) is 10.4. The van der Waals surface area contributed by atoms with E-state index in [1.54, 1.807) is 23.1 Å². The Morgan fingerprint density at radius 1 is 1.23 bits per heavy atom. The molecule has 0 aliphatic carbocycles. The van der Waals surface area contributed by atoms with E-state index in [1.165, 1.54) is 22.8 Å². The molecule has 0 radical (unpaired) electrons. The van der Waals surface area contributed by atoms with Crippen LogP contribution in [-0.4, -0.2) is 36.1 Å². The molecule has 116 valence electrons. The Balaban J connectivity index is 2.00. The first-order valence-electron chi connectivity index (χ1n) is 6.44. The SMILES string of the molecule is CSc1nc2ncnc(Sc3nnc(C(C)(C)C)n3N)c2s1. The van der Waals surface area contributed by atoms with E-state index in [0.29, 0.717) is 10.8 Å². The summed E-state index contributed by atoms with van der Waals surface area (Å²) < 4.78 is 3.42. The number of thioether (sulfide) groups is 1. The highest BCUT2D eigenvalue weighted by molar-refractivity contribution is 8.00. The Labute approximate surface area is 140 Å². The van der Waals surface area contributed by atoms with E-state index in [2.05, 4.69) is 25.1 Å². The van der Waals surface area contributed by atoms with Gasteiger partial charge in [-0.15, -0.1) is 21.5 Å². The van der Waals surface area contributed by atoms with Gasteiger partial charge >= 0.3 is 0 Å². The second kappa shape index (κ2) is 5.67. The molecular weight excluding hydrogens is 338 g/mol. The zero-order valence-corrected chi connectivity index (χ0v) is 15.0. The first-order valence-corrected chi connectivity index (χ1v) is 9.30. The number of rotatable bonds is 3. The van der Waals surface area contributed by atoms with Gasteiger partial charge in [-0.2, -0.15) is 0 Å². The highest BCUT2D eigenvalue weighted by Gasteiger charge is 2.24. The van der Waals surface area contributed by atoms with E-state index in [-0.39, 0.29) is 5.41 Å². The van der Waals surface area contributed by atoms with E-state index >= 15 is 0 Å². The van der Waals surface area contributed by atoms with E-state index < -0.39 is 0 Å². The summed E-state index contributed by atoms with van der Waals surface area (Å²) in [6.45, 7) is 6.14. The highest BCUT2D eigenvalue weighted by Crippen LogP contribution is 2.36. The summed E-state index contributed by atoms with van der Waals surface area (Å²) in [4.78, 5) is 13.0. The average molecular weight is 354 g/mol. The van der Waals surface area contributed by atoms with Crippen molar-refractivity contribution in [2.75, 3.05) is 12.1 Å². The van der Waals surface area contributed by atoms with Gasteiger partial charge in [0, 0.05) is 5.41 Å². The van der Waals surface area contributed by atoms with Crippen molar-refractivity contribution in [3.63, 3.8) is 0 Å². The molecule has 3 aromatic heterocycles. The van der Waals surface area contributed by atoms with Gasteiger partial charge < -0.3 is 5.84 Å². The molecule has 0 unspecified atom stereocenters. The van der Waals surface area contributed by atoms with Crippen LogP contribution >= 0.6 is 34.9 Å². The number of nitrogens with two attached hydrogens (primary N) is 1. The van der Waals surface area contributed by atoms with Crippen LogP contribution in [0.2, 0.25) is 0 Å². The van der Waals surface area contributed by atoms with Gasteiger partial charge in [0.1, 0.15) is 16.1 Å². The lowest BCUT2D eigenvalue weighted by Gasteiger charge is -2.16. The van der Waals surface area contributed by atoms with Crippen LogP contribution in [-0.2, 0) is 5.41 Å². The van der Waals surface area contributed by atoms with Gasteiger partial charge in [0.25, 0.3) is 0 Å². The third-order valence-electron chi connectivity index (χ3n) is 2.84. The molecule has 0 aliphatic heterocycles. The minimum absolute atomic E-state index is 0.169. The summed E-state index contributed by atoms with van der Waals surface area (Å²) in [5.74, 6) is 6.85. The van der Waals surface area contributed by atoms with Crippen molar-refractivity contribution in [2.24, 2.45) is 0 Å². The maximum absolute atomic E-state index is 6.12. The average Bonchev–Trinajstić information content (AvgIpc) is 3.03. The topological polar surface area (TPSA) is 95.4 Å². The van der Waals surface area contributed by atoms with Crippen molar-refractivity contribution >= 4 is 45.2 Å². The number of nitrogens with zero attached hydrogens (tertiary/aromatic N) is 6. The normalized spacial score (nSPS) is 12.2. The van der Waals surface area contributed by atoms with Crippen LogP contribution in [0.1, 0.15) is 26.6 Å². The number of hydrogen-bond acceptors (Lipinski definition) is 9. The maximum Gasteiger partial charge on any atom is 0.216 e. The lowest BCUT2D eigenvalue weighted by atomic mass is 9.96. The molecule has 10 heteroatoms. The fraction of sp³-hybridized carbons (Fsp3) is 0.417. The quantitative estimate of drug-likeness (QED) is 0.436. The second-order valence-corrected chi connectivity index (χ2v) is 8.55. The van der Waals surface area contributed by atoms with Crippen LogP contribution in [0.5, 0.6) is 0 Å². The summed E-state index contributed by atoms with van der Waals surface area (Å²) in [7, 11) is 0. The third-order valence-corrected chi connectivity index (χ3v) is 5.97. The molecule has 0 fully saturated rings. The molecule has 3 heterocycles. The molecule has 0 aliphatic rings. The van der Waals surface area contributed by atoms with Crippen LogP contribution in [0.4, 0.5) is 0 Å². The van der Waals surface area contributed by atoms with Crippen molar-refractivity contribution in [1.82, 2.24) is 29.8 Å². The summed E-state index contributed by atoms with van der Waals surface area (Å²) >= 11 is 4.54. The maximum atomic E-state index is 6.12. The summed E-state index contributed by atoms with van der Waals surface area (Å²) in [5, 5.41) is 9.77. The van der Waals surface area contributed by atoms with Crippen molar-refractivity contribution in [3.05, 3.63) is 12.2 Å². The molecule has 0 atom stereocenters. The fourth-order valence-corrected chi connectivity index (χ4v) is 4.19. The number of fused-ring (bicyclic) bond motifs is 1. The number of aromatic nitrogens is 6. The third kappa shape index (κ3) is 2.77. The molecule has 2 N–H and O–H groups in total. The minimum Gasteiger partial charge on any atom is -0.336 e. The van der Waals surface area contributed by atoms with Crippen molar-refractivity contribution in [1.29, 1.82) is 0 Å². The number of hydrogen-bond donors (Lipinski definition) is 1. The zero-order valence-electron chi connectivity index (χ0n) is 12.6. The highest BCUT2D eigenvalue weighted by atomic mass is 32.2. The number of nitrogen functional groups attached to an aromatic ring is 1. The molecular formula is C12H15N7S3. The lowest BCUT2D eigenvalue weighted by molar-refractivity contribution is 0.523. The van der Waals surface area contributed by atoms with Crippen molar-refractivity contribution < 1.29 is 0 Å². The molecule has 0 saturated carbocycles. The summed E-state index contributed by atoms with van der Waals surface area (Å²) in [6, 6.07) is 0. The van der Waals surface area contributed by atoms with Gasteiger partial charge in [-0.1, -0.05) is 32.5 Å². The van der Waals surface area contributed by atoms with Gasteiger partial charge in [-0.05, 0) is 18.0 Å². The largest absolute Gasteiger partial charge is 0.336 e. The molecule has 3 aromatic rings. The van der Waals surface area contributed by atoms with E-state index in [9.17, 15) is 0 Å². The van der Waals surface area contributed by atoms with Crippen molar-refractivity contribution in [2.45, 2.75) is 40.7 Å². The number of thiazole rings is 1.